The number of ether oxygens (including phenoxy) is 2. The van der Waals surface area contributed by atoms with Crippen LogP contribution in [-0.2, 0) is 11.4 Å². The van der Waals surface area contributed by atoms with Gasteiger partial charge in [-0.05, 0) is 116 Å². The van der Waals surface area contributed by atoms with Crippen LogP contribution in [0.3, 0.4) is 0 Å². The highest BCUT2D eigenvalue weighted by Gasteiger charge is 2.13. The van der Waals surface area contributed by atoms with Gasteiger partial charge in [0, 0.05) is 5.69 Å². The number of carbonyl (C=O) groups excluding carboxylic acids is 1. The predicted octanol–water partition coefficient (Wildman–Crippen LogP) is 7.57. The molecule has 0 saturated carbocycles. The number of nitriles is 1. The zero-order chi connectivity index (χ0) is 25.5. The molecule has 180 valence electrons. The number of hydrogen-bond donors (Lipinski definition) is 1. The van der Waals surface area contributed by atoms with Crippen molar-refractivity contribution in [1.29, 1.82) is 5.26 Å². The van der Waals surface area contributed by atoms with Gasteiger partial charge in [0.15, 0.2) is 0 Å². The Hall–Kier alpha value is -3.10. The highest BCUT2D eigenvalue weighted by molar-refractivity contribution is 14.1. The average Bonchev–Trinajstić information content (AvgIpc) is 2.88. The number of nitrogens with one attached hydrogen (secondary N) is 1. The number of benzene rings is 4. The summed E-state index contributed by atoms with van der Waals surface area (Å²) in [6, 6.07) is 27.3. The van der Waals surface area contributed by atoms with Crippen LogP contribution in [0, 0.1) is 18.5 Å². The first-order valence-electron chi connectivity index (χ1n) is 11.2. The van der Waals surface area contributed by atoms with Crippen molar-refractivity contribution in [3.63, 3.8) is 0 Å². The summed E-state index contributed by atoms with van der Waals surface area (Å²) in [6.07, 6.45) is 1.59. The molecule has 4 aromatic carbocycles. The number of rotatable bonds is 8. The van der Waals surface area contributed by atoms with E-state index in [1.807, 2.05) is 43.3 Å². The SMILES string of the molecule is CCOc1ccc(NC(=O)/C(C#N)=C\c2cc(I)c(OCc3cccc4ccccc34)c(I)c2)cc1. The van der Waals surface area contributed by atoms with Crippen molar-refractivity contribution in [1.82, 2.24) is 0 Å². The third-order valence-corrected chi connectivity index (χ3v) is 6.97. The maximum atomic E-state index is 12.7. The van der Waals surface area contributed by atoms with Crippen molar-refractivity contribution in [2.45, 2.75) is 13.5 Å². The van der Waals surface area contributed by atoms with E-state index < -0.39 is 5.91 Å². The lowest BCUT2D eigenvalue weighted by Crippen LogP contribution is -2.13. The summed E-state index contributed by atoms with van der Waals surface area (Å²) in [7, 11) is 0. The van der Waals surface area contributed by atoms with Crippen LogP contribution < -0.4 is 14.8 Å². The first-order chi connectivity index (χ1) is 17.5. The summed E-state index contributed by atoms with van der Waals surface area (Å²) in [4.78, 5) is 12.7. The van der Waals surface area contributed by atoms with Gasteiger partial charge in [0.1, 0.15) is 29.7 Å². The van der Waals surface area contributed by atoms with Gasteiger partial charge in [0.25, 0.3) is 5.91 Å². The molecule has 0 aliphatic rings. The summed E-state index contributed by atoms with van der Waals surface area (Å²) < 4.78 is 13.4. The van der Waals surface area contributed by atoms with Crippen molar-refractivity contribution >= 4 is 73.6 Å². The smallest absolute Gasteiger partial charge is 0.266 e. The fourth-order valence-corrected chi connectivity index (χ4v) is 5.81. The summed E-state index contributed by atoms with van der Waals surface area (Å²) in [5, 5.41) is 14.7. The van der Waals surface area contributed by atoms with Crippen molar-refractivity contribution in [3.8, 4) is 17.6 Å². The van der Waals surface area contributed by atoms with Crippen LogP contribution in [0.25, 0.3) is 16.8 Å². The number of carbonyl (C=O) groups is 1. The topological polar surface area (TPSA) is 71.3 Å². The number of anilines is 1. The molecule has 0 aliphatic carbocycles. The third-order valence-electron chi connectivity index (χ3n) is 5.37. The maximum Gasteiger partial charge on any atom is 0.266 e. The highest BCUT2D eigenvalue weighted by atomic mass is 127. The summed E-state index contributed by atoms with van der Waals surface area (Å²) in [5.74, 6) is 1.03. The zero-order valence-corrected chi connectivity index (χ0v) is 23.7. The molecule has 0 saturated heterocycles. The lowest BCUT2D eigenvalue weighted by Gasteiger charge is -2.13. The minimum absolute atomic E-state index is 0.0138. The molecule has 0 spiro atoms. The standard InChI is InChI=1S/C29H22I2N2O3/c1-2-35-24-12-10-23(11-13-24)33-29(34)22(17-32)14-19-15-26(30)28(27(31)16-19)36-18-21-8-5-7-20-6-3-4-9-25(20)21/h3-16H,2,18H2,1H3,(H,33,34)/b22-14-. The van der Waals surface area contributed by atoms with Gasteiger partial charge in [-0.1, -0.05) is 42.5 Å². The van der Waals surface area contributed by atoms with E-state index in [0.717, 1.165) is 29.8 Å². The lowest BCUT2D eigenvalue weighted by atomic mass is 10.1. The number of fused-ring (bicyclic) bond motifs is 1. The minimum atomic E-state index is -0.469. The van der Waals surface area contributed by atoms with Crippen molar-refractivity contribution in [2.75, 3.05) is 11.9 Å². The molecule has 0 heterocycles. The average molecular weight is 700 g/mol. The van der Waals surface area contributed by atoms with E-state index in [4.69, 9.17) is 9.47 Å². The Morgan fingerprint density at radius 1 is 0.972 bits per heavy atom. The molecule has 0 aromatic heterocycles. The van der Waals surface area contributed by atoms with E-state index in [1.54, 1.807) is 30.3 Å². The van der Waals surface area contributed by atoms with Gasteiger partial charge in [0.05, 0.1) is 13.7 Å². The Balaban J connectivity index is 1.49. The normalized spacial score (nSPS) is 11.1. The molecule has 1 N–H and O–H groups in total. The van der Waals surface area contributed by atoms with Gasteiger partial charge in [0.2, 0.25) is 0 Å². The minimum Gasteiger partial charge on any atom is -0.494 e. The third kappa shape index (κ3) is 6.36. The zero-order valence-electron chi connectivity index (χ0n) is 19.4. The first-order valence-corrected chi connectivity index (χ1v) is 13.4. The quantitative estimate of drug-likeness (QED) is 0.117. The number of hydrogen-bond acceptors (Lipinski definition) is 4. The van der Waals surface area contributed by atoms with Gasteiger partial charge >= 0.3 is 0 Å². The van der Waals surface area contributed by atoms with E-state index in [0.29, 0.717) is 18.9 Å². The molecule has 0 aliphatic heterocycles. The van der Waals surface area contributed by atoms with Crippen molar-refractivity contribution < 1.29 is 14.3 Å². The Kier molecular flexibility index (Phi) is 8.83. The highest BCUT2D eigenvalue weighted by Crippen LogP contribution is 2.31. The number of halogens is 2. The molecule has 0 fully saturated rings. The molecule has 0 bridgehead atoms. The molecular formula is C29H22I2N2O3. The second-order valence-corrected chi connectivity index (χ2v) is 10.1. The number of amides is 1. The fraction of sp³-hybridized carbons (Fsp3) is 0.103. The molecule has 0 radical (unpaired) electrons. The Morgan fingerprint density at radius 2 is 1.67 bits per heavy atom. The summed E-state index contributed by atoms with van der Waals surface area (Å²) >= 11 is 4.45. The van der Waals surface area contributed by atoms with Crippen LogP contribution in [0.5, 0.6) is 11.5 Å². The van der Waals surface area contributed by atoms with Crippen LogP contribution in [0.1, 0.15) is 18.1 Å². The second kappa shape index (κ2) is 12.2. The molecule has 36 heavy (non-hydrogen) atoms. The lowest BCUT2D eigenvalue weighted by molar-refractivity contribution is -0.112. The molecule has 4 rings (SSSR count). The molecule has 1 amide bonds. The van der Waals surface area contributed by atoms with Crippen LogP contribution in [0.4, 0.5) is 5.69 Å². The molecule has 4 aromatic rings. The largest absolute Gasteiger partial charge is 0.494 e. The monoisotopic (exact) mass is 700 g/mol. The second-order valence-electron chi connectivity index (χ2n) is 7.82. The Morgan fingerprint density at radius 3 is 2.36 bits per heavy atom. The van der Waals surface area contributed by atoms with E-state index in [2.05, 4.69) is 74.8 Å². The summed E-state index contributed by atoms with van der Waals surface area (Å²) in [5.41, 5.74) is 2.46. The fourth-order valence-electron chi connectivity index (χ4n) is 3.68. The molecule has 7 heteroatoms. The van der Waals surface area contributed by atoms with E-state index in [9.17, 15) is 10.1 Å². The van der Waals surface area contributed by atoms with Crippen LogP contribution in [-0.4, -0.2) is 12.5 Å². The van der Waals surface area contributed by atoms with E-state index in [-0.39, 0.29) is 5.57 Å². The van der Waals surface area contributed by atoms with Gasteiger partial charge in [-0.25, -0.2) is 0 Å². The summed E-state index contributed by atoms with van der Waals surface area (Å²) in [6.45, 7) is 2.92. The van der Waals surface area contributed by atoms with Crippen LogP contribution in [0.15, 0.2) is 84.4 Å². The Bertz CT molecular complexity index is 1450. The molecular weight excluding hydrogens is 678 g/mol. The molecule has 5 nitrogen and oxygen atoms in total. The first kappa shape index (κ1) is 26.0. The van der Waals surface area contributed by atoms with Crippen LogP contribution >= 0.6 is 45.2 Å². The van der Waals surface area contributed by atoms with Gasteiger partial charge < -0.3 is 14.8 Å². The van der Waals surface area contributed by atoms with Gasteiger partial charge in [-0.15, -0.1) is 0 Å². The van der Waals surface area contributed by atoms with Gasteiger partial charge in [-0.2, -0.15) is 5.26 Å². The van der Waals surface area contributed by atoms with Crippen molar-refractivity contribution in [2.24, 2.45) is 0 Å². The van der Waals surface area contributed by atoms with Gasteiger partial charge in [-0.3, -0.25) is 4.79 Å². The number of nitrogens with zero attached hydrogens (tertiary/aromatic N) is 1. The maximum absolute atomic E-state index is 12.7. The van der Waals surface area contributed by atoms with Crippen molar-refractivity contribution in [3.05, 3.63) is 103 Å². The predicted molar refractivity (Wildman–Crippen MR) is 160 cm³/mol. The van der Waals surface area contributed by atoms with E-state index in [1.165, 1.54) is 10.8 Å². The molecule has 0 unspecified atom stereocenters. The van der Waals surface area contributed by atoms with Crippen LogP contribution in [0.2, 0.25) is 0 Å². The molecule has 0 atom stereocenters. The Labute approximate surface area is 237 Å². The van der Waals surface area contributed by atoms with E-state index >= 15 is 0 Å².